The van der Waals surface area contributed by atoms with Crippen LogP contribution in [0.2, 0.25) is 0 Å². The van der Waals surface area contributed by atoms with Gasteiger partial charge >= 0.3 is 0 Å². The number of benzene rings is 1. The predicted molar refractivity (Wildman–Crippen MR) is 75.6 cm³/mol. The first kappa shape index (κ1) is 14.0. The molecule has 20 heavy (non-hydrogen) atoms. The number of nitrogens with one attached hydrogen (secondary N) is 1. The zero-order chi connectivity index (χ0) is 14.4. The molecule has 6 heteroatoms. The van der Waals surface area contributed by atoms with Crippen LogP contribution in [0.4, 0.5) is 5.69 Å². The molecule has 106 valence electrons. The first-order valence-electron chi connectivity index (χ1n) is 6.56. The molecule has 2 aromatic rings. The van der Waals surface area contributed by atoms with E-state index in [-0.39, 0.29) is 11.9 Å². The van der Waals surface area contributed by atoms with Gasteiger partial charge in [-0.2, -0.15) is 5.10 Å². The van der Waals surface area contributed by atoms with E-state index in [1.807, 2.05) is 38.1 Å². The molecule has 0 fully saturated rings. The quantitative estimate of drug-likeness (QED) is 0.877. The molecule has 0 saturated carbocycles. The Balaban J connectivity index is 1.87. The summed E-state index contributed by atoms with van der Waals surface area (Å²) < 4.78 is 7.01. The molecule has 0 saturated heterocycles. The molecular formula is C14H18N4O2. The molecule has 1 aromatic carbocycles. The number of nitrogens with zero attached hydrogens (tertiary/aromatic N) is 3. The Kier molecular flexibility index (Phi) is 4.70. The molecule has 1 N–H and O–H groups in total. The van der Waals surface area contributed by atoms with Crippen molar-refractivity contribution in [2.45, 2.75) is 26.3 Å². The second-order valence-electron chi connectivity index (χ2n) is 4.43. The van der Waals surface area contributed by atoms with Crippen LogP contribution in [0.5, 0.6) is 5.75 Å². The Morgan fingerprint density at radius 2 is 2.15 bits per heavy atom. The van der Waals surface area contributed by atoms with Gasteiger partial charge in [-0.15, -0.1) is 0 Å². The Hall–Kier alpha value is -2.37. The third-order valence-electron chi connectivity index (χ3n) is 2.82. The van der Waals surface area contributed by atoms with Gasteiger partial charge in [-0.05, 0) is 38.1 Å². The van der Waals surface area contributed by atoms with Crippen molar-refractivity contribution in [3.8, 4) is 5.75 Å². The first-order chi connectivity index (χ1) is 9.69. The average Bonchev–Trinajstić information content (AvgIpc) is 2.95. The zero-order valence-corrected chi connectivity index (χ0v) is 11.6. The first-order valence-corrected chi connectivity index (χ1v) is 6.56. The summed E-state index contributed by atoms with van der Waals surface area (Å²) in [5, 5.41) is 6.87. The lowest BCUT2D eigenvalue weighted by molar-refractivity contribution is -0.116. The smallest absolute Gasteiger partial charge is 0.226 e. The van der Waals surface area contributed by atoms with Crippen molar-refractivity contribution in [2.75, 3.05) is 11.9 Å². The number of carbonyl (C=O) groups is 1. The van der Waals surface area contributed by atoms with Gasteiger partial charge in [-0.3, -0.25) is 4.79 Å². The highest BCUT2D eigenvalue weighted by atomic mass is 16.5. The van der Waals surface area contributed by atoms with Crippen molar-refractivity contribution in [1.82, 2.24) is 14.8 Å². The van der Waals surface area contributed by atoms with E-state index in [1.54, 1.807) is 11.0 Å². The maximum absolute atomic E-state index is 11.9. The molecule has 0 aliphatic carbocycles. The van der Waals surface area contributed by atoms with Crippen molar-refractivity contribution in [3.05, 3.63) is 36.9 Å². The van der Waals surface area contributed by atoms with E-state index in [0.29, 0.717) is 13.0 Å². The highest BCUT2D eigenvalue weighted by Crippen LogP contribution is 2.16. The van der Waals surface area contributed by atoms with Gasteiger partial charge in [0.05, 0.1) is 12.6 Å². The van der Waals surface area contributed by atoms with Crippen LogP contribution in [0, 0.1) is 0 Å². The number of aromatic nitrogens is 3. The van der Waals surface area contributed by atoms with Gasteiger partial charge in [0.1, 0.15) is 18.4 Å². The highest BCUT2D eigenvalue weighted by molar-refractivity contribution is 5.90. The molecule has 1 amide bonds. The van der Waals surface area contributed by atoms with Crippen molar-refractivity contribution in [3.63, 3.8) is 0 Å². The molecule has 2 rings (SSSR count). The van der Waals surface area contributed by atoms with Crippen LogP contribution in [0.1, 0.15) is 26.3 Å². The van der Waals surface area contributed by atoms with E-state index in [4.69, 9.17) is 4.74 Å². The van der Waals surface area contributed by atoms with Crippen LogP contribution in [-0.2, 0) is 4.79 Å². The summed E-state index contributed by atoms with van der Waals surface area (Å²) in [6.07, 6.45) is 3.41. The number of carbonyl (C=O) groups excluding carboxylic acids is 1. The minimum absolute atomic E-state index is 0.0276. The van der Waals surface area contributed by atoms with Crippen LogP contribution < -0.4 is 10.1 Å². The molecule has 0 unspecified atom stereocenters. The van der Waals surface area contributed by atoms with E-state index in [1.165, 1.54) is 6.33 Å². The fourth-order valence-electron chi connectivity index (χ4n) is 1.82. The maximum Gasteiger partial charge on any atom is 0.226 e. The number of rotatable bonds is 6. The summed E-state index contributed by atoms with van der Waals surface area (Å²) in [4.78, 5) is 15.8. The molecule has 0 spiro atoms. The molecule has 6 nitrogen and oxygen atoms in total. The van der Waals surface area contributed by atoms with Gasteiger partial charge in [0.25, 0.3) is 0 Å². The van der Waals surface area contributed by atoms with Gasteiger partial charge in [0, 0.05) is 12.1 Å². The largest absolute Gasteiger partial charge is 0.494 e. The average molecular weight is 274 g/mol. The lowest BCUT2D eigenvalue weighted by atomic mass is 10.2. The summed E-state index contributed by atoms with van der Waals surface area (Å²) in [6.45, 7) is 4.48. The standard InChI is InChI=1S/C14H18N4O2/c1-3-20-13-6-4-12(5-7-13)17-14(19)8-11(2)18-10-15-9-16-18/h4-7,9-11H,3,8H2,1-2H3,(H,17,19)/t11-/m0/s1. The van der Waals surface area contributed by atoms with E-state index < -0.39 is 0 Å². The molecule has 0 bridgehead atoms. The second-order valence-corrected chi connectivity index (χ2v) is 4.43. The SMILES string of the molecule is CCOc1ccc(NC(=O)C[C@H](C)n2cncn2)cc1. The number of ether oxygens (including phenoxy) is 1. The lowest BCUT2D eigenvalue weighted by Gasteiger charge is -2.12. The zero-order valence-electron chi connectivity index (χ0n) is 11.6. The predicted octanol–water partition coefficient (Wildman–Crippen LogP) is 2.27. The van der Waals surface area contributed by atoms with Crippen LogP contribution in [0.3, 0.4) is 0 Å². The fourth-order valence-corrected chi connectivity index (χ4v) is 1.82. The molecule has 1 heterocycles. The van der Waals surface area contributed by atoms with Crippen molar-refractivity contribution < 1.29 is 9.53 Å². The second kappa shape index (κ2) is 6.70. The Labute approximate surface area is 117 Å². The summed E-state index contributed by atoms with van der Waals surface area (Å²) in [6, 6.07) is 7.28. The highest BCUT2D eigenvalue weighted by Gasteiger charge is 2.11. The van der Waals surface area contributed by atoms with E-state index in [0.717, 1.165) is 11.4 Å². The normalized spacial score (nSPS) is 11.9. The third kappa shape index (κ3) is 3.81. The van der Waals surface area contributed by atoms with Crippen molar-refractivity contribution in [2.24, 2.45) is 0 Å². The van der Waals surface area contributed by atoms with Gasteiger partial charge in [-0.1, -0.05) is 0 Å². The summed E-state index contributed by atoms with van der Waals surface area (Å²) in [5.41, 5.74) is 0.754. The topological polar surface area (TPSA) is 69.0 Å². The van der Waals surface area contributed by atoms with Gasteiger partial charge in [-0.25, -0.2) is 9.67 Å². The monoisotopic (exact) mass is 274 g/mol. The summed E-state index contributed by atoms with van der Waals surface area (Å²) in [7, 11) is 0. The minimum atomic E-state index is -0.0582. The van der Waals surface area contributed by atoms with Gasteiger partial charge in [0.2, 0.25) is 5.91 Å². The Morgan fingerprint density at radius 1 is 1.40 bits per heavy atom. The van der Waals surface area contributed by atoms with Crippen LogP contribution >= 0.6 is 0 Å². The van der Waals surface area contributed by atoms with Crippen LogP contribution in [-0.4, -0.2) is 27.3 Å². The Bertz CT molecular complexity index is 537. The number of anilines is 1. The number of hydrogen-bond donors (Lipinski definition) is 1. The summed E-state index contributed by atoms with van der Waals surface area (Å²) in [5.74, 6) is 0.735. The fraction of sp³-hybridized carbons (Fsp3) is 0.357. The van der Waals surface area contributed by atoms with E-state index >= 15 is 0 Å². The molecule has 0 radical (unpaired) electrons. The van der Waals surface area contributed by atoms with Crippen LogP contribution in [0.15, 0.2) is 36.9 Å². The van der Waals surface area contributed by atoms with E-state index in [9.17, 15) is 4.79 Å². The van der Waals surface area contributed by atoms with Gasteiger partial charge < -0.3 is 10.1 Å². The summed E-state index contributed by atoms with van der Waals surface area (Å²) >= 11 is 0. The number of hydrogen-bond acceptors (Lipinski definition) is 4. The third-order valence-corrected chi connectivity index (χ3v) is 2.82. The molecular weight excluding hydrogens is 256 g/mol. The van der Waals surface area contributed by atoms with Crippen molar-refractivity contribution in [1.29, 1.82) is 0 Å². The van der Waals surface area contributed by atoms with Crippen molar-refractivity contribution >= 4 is 11.6 Å². The Morgan fingerprint density at radius 3 is 2.75 bits per heavy atom. The molecule has 1 atom stereocenters. The maximum atomic E-state index is 11.9. The van der Waals surface area contributed by atoms with Gasteiger partial charge in [0.15, 0.2) is 0 Å². The van der Waals surface area contributed by atoms with E-state index in [2.05, 4.69) is 15.4 Å². The van der Waals surface area contributed by atoms with Crippen LogP contribution in [0.25, 0.3) is 0 Å². The lowest BCUT2D eigenvalue weighted by Crippen LogP contribution is -2.17. The molecule has 0 aliphatic heterocycles. The number of amides is 1. The molecule has 0 aliphatic rings. The molecule has 1 aromatic heterocycles. The minimum Gasteiger partial charge on any atom is -0.494 e.